The highest BCUT2D eigenvalue weighted by Crippen LogP contribution is 2.31. The van der Waals surface area contributed by atoms with E-state index in [2.05, 4.69) is 10.4 Å². The summed E-state index contributed by atoms with van der Waals surface area (Å²) < 4.78 is 6.65. The van der Waals surface area contributed by atoms with Gasteiger partial charge in [0.2, 0.25) is 0 Å². The first kappa shape index (κ1) is 18.6. The lowest BCUT2D eigenvalue weighted by Gasteiger charge is -2.14. The normalized spacial score (nSPS) is 14.1. The molecule has 0 radical (unpaired) electrons. The second kappa shape index (κ2) is 7.98. The van der Waals surface area contributed by atoms with Gasteiger partial charge in [0.25, 0.3) is 11.6 Å². The van der Waals surface area contributed by atoms with Crippen LogP contribution in [0.1, 0.15) is 59.4 Å². The highest BCUT2D eigenvalue weighted by Gasteiger charge is 2.22. The molecule has 27 heavy (non-hydrogen) atoms. The average Bonchev–Trinajstić information content (AvgIpc) is 3.32. The fraction of sp³-hybridized carbons (Fsp3) is 0.389. The molecule has 1 heterocycles. The fourth-order valence-corrected chi connectivity index (χ4v) is 3.22. The lowest BCUT2D eigenvalue weighted by molar-refractivity contribution is -0.384. The first-order valence-corrected chi connectivity index (χ1v) is 8.81. The lowest BCUT2D eigenvalue weighted by Crippen LogP contribution is -2.18. The zero-order valence-corrected chi connectivity index (χ0v) is 14.9. The van der Waals surface area contributed by atoms with Crippen LogP contribution in [0.5, 0.6) is 0 Å². The van der Waals surface area contributed by atoms with Gasteiger partial charge in [0.1, 0.15) is 5.82 Å². The van der Waals surface area contributed by atoms with E-state index in [0.29, 0.717) is 5.82 Å². The van der Waals surface area contributed by atoms with E-state index in [1.54, 1.807) is 23.9 Å². The summed E-state index contributed by atoms with van der Waals surface area (Å²) in [5.74, 6) is -0.744. The van der Waals surface area contributed by atoms with Crippen LogP contribution in [-0.2, 0) is 4.74 Å². The number of nitro benzene ring substituents is 1. The van der Waals surface area contributed by atoms with Gasteiger partial charge in [-0.3, -0.25) is 14.9 Å². The zero-order valence-electron chi connectivity index (χ0n) is 14.9. The number of esters is 1. The minimum absolute atomic E-state index is 0.00595. The Bertz CT molecular complexity index is 870. The molecule has 0 atom stereocenters. The van der Waals surface area contributed by atoms with Crippen molar-refractivity contribution in [1.29, 1.82) is 0 Å². The number of hydrogen-bond donors (Lipinski definition) is 1. The van der Waals surface area contributed by atoms with Crippen LogP contribution in [0.2, 0.25) is 0 Å². The molecular formula is C18H20N4O5. The predicted octanol–water partition coefficient (Wildman–Crippen LogP) is 3.34. The van der Waals surface area contributed by atoms with Crippen LogP contribution in [-0.4, -0.2) is 33.2 Å². The van der Waals surface area contributed by atoms with Crippen molar-refractivity contribution in [2.24, 2.45) is 0 Å². The molecule has 3 rings (SSSR count). The average molecular weight is 372 g/mol. The molecule has 1 amide bonds. The number of ether oxygens (including phenoxy) is 1. The minimum Gasteiger partial charge on any atom is -0.462 e. The molecule has 1 aliphatic carbocycles. The quantitative estimate of drug-likeness (QED) is 0.472. The van der Waals surface area contributed by atoms with Gasteiger partial charge in [0.05, 0.1) is 29.3 Å². The van der Waals surface area contributed by atoms with Gasteiger partial charge in [-0.25, -0.2) is 9.48 Å². The summed E-state index contributed by atoms with van der Waals surface area (Å²) in [6.07, 6.45) is 5.82. The number of nitrogens with zero attached hydrogens (tertiary/aromatic N) is 3. The number of aromatic nitrogens is 2. The predicted molar refractivity (Wildman–Crippen MR) is 96.7 cm³/mol. The number of anilines is 1. The Balaban J connectivity index is 1.87. The highest BCUT2D eigenvalue weighted by atomic mass is 16.6. The molecule has 2 aromatic rings. The number of non-ortho nitro benzene ring substituents is 1. The second-order valence-electron chi connectivity index (χ2n) is 6.30. The maximum atomic E-state index is 12.7. The summed E-state index contributed by atoms with van der Waals surface area (Å²) in [6, 6.07) is 5.43. The van der Waals surface area contributed by atoms with E-state index in [9.17, 15) is 19.7 Å². The molecule has 1 aliphatic rings. The van der Waals surface area contributed by atoms with E-state index in [1.807, 2.05) is 0 Å². The van der Waals surface area contributed by atoms with E-state index in [-0.39, 0.29) is 29.5 Å². The topological polar surface area (TPSA) is 116 Å². The SMILES string of the molecule is CCOC(=O)c1cc(C(=O)Nc2ccnn2C2CCCC2)cc([N+](=O)[O-])c1. The summed E-state index contributed by atoms with van der Waals surface area (Å²) in [7, 11) is 0. The highest BCUT2D eigenvalue weighted by molar-refractivity contribution is 6.06. The minimum atomic E-state index is -0.716. The van der Waals surface area contributed by atoms with Crippen LogP contribution in [0.15, 0.2) is 30.5 Å². The van der Waals surface area contributed by atoms with Gasteiger partial charge < -0.3 is 10.1 Å². The van der Waals surface area contributed by atoms with Gasteiger partial charge in [-0.15, -0.1) is 0 Å². The van der Waals surface area contributed by atoms with Crippen molar-refractivity contribution >= 4 is 23.4 Å². The third-order valence-corrected chi connectivity index (χ3v) is 4.48. The van der Waals surface area contributed by atoms with Crippen molar-refractivity contribution in [3.8, 4) is 0 Å². The van der Waals surface area contributed by atoms with Crippen LogP contribution in [0.3, 0.4) is 0 Å². The Morgan fingerprint density at radius 1 is 1.30 bits per heavy atom. The van der Waals surface area contributed by atoms with Crippen LogP contribution in [0.25, 0.3) is 0 Å². The Morgan fingerprint density at radius 2 is 2.00 bits per heavy atom. The van der Waals surface area contributed by atoms with Crippen molar-refractivity contribution in [1.82, 2.24) is 9.78 Å². The van der Waals surface area contributed by atoms with Crippen molar-refractivity contribution in [3.05, 3.63) is 51.7 Å². The van der Waals surface area contributed by atoms with Gasteiger partial charge in [-0.1, -0.05) is 12.8 Å². The Morgan fingerprint density at radius 3 is 2.67 bits per heavy atom. The van der Waals surface area contributed by atoms with Gasteiger partial charge in [-0.05, 0) is 25.8 Å². The van der Waals surface area contributed by atoms with Gasteiger partial charge >= 0.3 is 5.97 Å². The summed E-state index contributed by atoms with van der Waals surface area (Å²) in [6.45, 7) is 1.76. The number of carbonyl (C=O) groups excluding carboxylic acids is 2. The molecule has 9 heteroatoms. The maximum Gasteiger partial charge on any atom is 0.338 e. The Labute approximate surface area is 155 Å². The molecule has 1 aromatic heterocycles. The number of carbonyl (C=O) groups is 2. The fourth-order valence-electron chi connectivity index (χ4n) is 3.22. The number of hydrogen-bond acceptors (Lipinski definition) is 6. The molecule has 0 saturated heterocycles. The molecule has 1 fully saturated rings. The first-order chi connectivity index (χ1) is 13.0. The van der Waals surface area contributed by atoms with Crippen LogP contribution < -0.4 is 5.32 Å². The largest absolute Gasteiger partial charge is 0.462 e. The van der Waals surface area contributed by atoms with E-state index >= 15 is 0 Å². The second-order valence-corrected chi connectivity index (χ2v) is 6.30. The molecule has 9 nitrogen and oxygen atoms in total. The maximum absolute atomic E-state index is 12.7. The van der Waals surface area contributed by atoms with Gasteiger partial charge in [0.15, 0.2) is 0 Å². The van der Waals surface area contributed by atoms with Crippen LogP contribution in [0, 0.1) is 10.1 Å². The van der Waals surface area contributed by atoms with Crippen molar-refractivity contribution in [2.75, 3.05) is 11.9 Å². The van der Waals surface area contributed by atoms with E-state index < -0.39 is 16.8 Å². The zero-order chi connectivity index (χ0) is 19.4. The molecule has 1 aromatic carbocycles. The Hall–Kier alpha value is -3.23. The molecule has 142 valence electrons. The number of nitrogens with one attached hydrogen (secondary N) is 1. The molecule has 0 bridgehead atoms. The van der Waals surface area contributed by atoms with Crippen LogP contribution >= 0.6 is 0 Å². The third kappa shape index (κ3) is 4.13. The van der Waals surface area contributed by atoms with E-state index in [0.717, 1.165) is 37.8 Å². The standard InChI is InChI=1S/C18H20N4O5/c1-2-27-18(24)13-9-12(10-15(11-13)22(25)26)17(23)20-16-7-8-19-21(16)14-5-3-4-6-14/h7-11,14H,2-6H2,1H3,(H,20,23). The summed E-state index contributed by atoms with van der Waals surface area (Å²) >= 11 is 0. The van der Waals surface area contributed by atoms with E-state index in [4.69, 9.17) is 4.74 Å². The van der Waals surface area contributed by atoms with E-state index in [1.165, 1.54) is 6.07 Å². The summed E-state index contributed by atoms with van der Waals surface area (Å²) in [5.41, 5.74) is -0.387. The summed E-state index contributed by atoms with van der Waals surface area (Å²) in [4.78, 5) is 35.1. The third-order valence-electron chi connectivity index (χ3n) is 4.48. The Kier molecular flexibility index (Phi) is 5.49. The number of rotatable bonds is 6. The first-order valence-electron chi connectivity index (χ1n) is 8.81. The molecular weight excluding hydrogens is 352 g/mol. The number of nitro groups is 1. The smallest absolute Gasteiger partial charge is 0.338 e. The molecule has 0 unspecified atom stereocenters. The van der Waals surface area contributed by atoms with Gasteiger partial charge in [-0.2, -0.15) is 5.10 Å². The number of amides is 1. The molecule has 1 saturated carbocycles. The molecule has 0 spiro atoms. The summed E-state index contributed by atoms with van der Waals surface area (Å²) in [5, 5.41) is 18.2. The van der Waals surface area contributed by atoms with Crippen molar-refractivity contribution < 1.29 is 19.2 Å². The van der Waals surface area contributed by atoms with Crippen molar-refractivity contribution in [2.45, 2.75) is 38.6 Å². The molecule has 1 N–H and O–H groups in total. The number of benzene rings is 1. The lowest BCUT2D eigenvalue weighted by atomic mass is 10.1. The monoisotopic (exact) mass is 372 g/mol. The van der Waals surface area contributed by atoms with Crippen LogP contribution in [0.4, 0.5) is 11.5 Å². The molecule has 0 aliphatic heterocycles. The van der Waals surface area contributed by atoms with Crippen molar-refractivity contribution in [3.63, 3.8) is 0 Å². The van der Waals surface area contributed by atoms with Gasteiger partial charge in [0, 0.05) is 23.8 Å².